The first-order valence-corrected chi connectivity index (χ1v) is 13.4. The van der Waals surface area contributed by atoms with Crippen LogP contribution in [0.15, 0.2) is 0 Å². The van der Waals surface area contributed by atoms with Gasteiger partial charge >= 0.3 is 17.3 Å². The van der Waals surface area contributed by atoms with Crippen LogP contribution in [0.1, 0.15) is 27.7 Å². The lowest BCUT2D eigenvalue weighted by atomic mass is 10.5. The predicted octanol–water partition coefficient (Wildman–Crippen LogP) is 2.48. The molecule has 0 aromatic rings. The molecule has 0 saturated carbocycles. The van der Waals surface area contributed by atoms with E-state index in [0.717, 1.165) is 38.4 Å². The molecule has 138 valence electrons. The van der Waals surface area contributed by atoms with E-state index in [9.17, 15) is 0 Å². The second-order valence-electron chi connectivity index (χ2n) is 5.68. The monoisotopic (exact) mass is 365 g/mol. The van der Waals surface area contributed by atoms with Crippen LogP contribution in [-0.4, -0.2) is 74.6 Å². The van der Waals surface area contributed by atoms with Crippen LogP contribution in [0.2, 0.25) is 18.6 Å². The van der Waals surface area contributed by atoms with Crippen molar-refractivity contribution in [3.05, 3.63) is 0 Å². The van der Waals surface area contributed by atoms with Gasteiger partial charge in [0.05, 0.1) is 13.2 Å². The van der Waals surface area contributed by atoms with Gasteiger partial charge in [0.2, 0.25) is 0 Å². The van der Waals surface area contributed by atoms with Gasteiger partial charge in [0.25, 0.3) is 0 Å². The van der Waals surface area contributed by atoms with E-state index in [1.807, 2.05) is 27.7 Å². The number of hydrogen-bond acceptors (Lipinski definition) is 6. The molecule has 23 heavy (non-hydrogen) atoms. The topological polar surface area (TPSA) is 49.4 Å². The molecule has 0 radical (unpaired) electrons. The van der Waals surface area contributed by atoms with Gasteiger partial charge in [-0.2, -0.15) is 0 Å². The van der Waals surface area contributed by atoms with Crippen LogP contribution in [0.25, 0.3) is 0 Å². The zero-order valence-electron chi connectivity index (χ0n) is 15.6. The van der Waals surface area contributed by atoms with Crippen LogP contribution in [0, 0.1) is 0 Å². The number of morpholine rings is 1. The third-order valence-electron chi connectivity index (χ3n) is 4.03. The summed E-state index contributed by atoms with van der Waals surface area (Å²) in [4.78, 5) is 0. The predicted molar refractivity (Wildman–Crippen MR) is 95.9 cm³/mol. The Hall–Kier alpha value is 0.194. The van der Waals surface area contributed by atoms with Crippen molar-refractivity contribution >= 4 is 17.3 Å². The number of rotatable bonds is 12. The second kappa shape index (κ2) is 10.9. The molecular formula is C15H35NO5Si2. The summed E-state index contributed by atoms with van der Waals surface area (Å²) >= 11 is 0. The molecule has 0 amide bonds. The van der Waals surface area contributed by atoms with E-state index in [0.29, 0.717) is 26.4 Å². The quantitative estimate of drug-likeness (QED) is 0.495. The molecule has 0 aromatic carbocycles. The van der Waals surface area contributed by atoms with Gasteiger partial charge < -0.3 is 22.4 Å². The Balaban J connectivity index is 2.84. The SMILES string of the molecule is CCO[Si](C)(CC[Si](OCC)(OCC)N1CCOCC1)OCC. The minimum absolute atomic E-state index is 0.672. The molecule has 8 heteroatoms. The van der Waals surface area contributed by atoms with E-state index in [-0.39, 0.29) is 0 Å². The highest BCUT2D eigenvalue weighted by molar-refractivity contribution is 6.71. The Morgan fingerprint density at radius 2 is 1.26 bits per heavy atom. The van der Waals surface area contributed by atoms with Crippen LogP contribution in [0.4, 0.5) is 0 Å². The van der Waals surface area contributed by atoms with Crippen molar-refractivity contribution in [3.8, 4) is 0 Å². The van der Waals surface area contributed by atoms with Crippen molar-refractivity contribution in [1.29, 1.82) is 0 Å². The molecule has 6 nitrogen and oxygen atoms in total. The van der Waals surface area contributed by atoms with E-state index in [1.165, 1.54) is 0 Å². The lowest BCUT2D eigenvalue weighted by Crippen LogP contribution is -2.62. The molecule has 0 aromatic heterocycles. The maximum atomic E-state index is 6.26. The van der Waals surface area contributed by atoms with Gasteiger partial charge in [-0.05, 0) is 40.3 Å². The molecule has 1 fully saturated rings. The van der Waals surface area contributed by atoms with Crippen LogP contribution in [-0.2, 0) is 22.4 Å². The van der Waals surface area contributed by atoms with E-state index in [2.05, 4.69) is 11.1 Å². The summed E-state index contributed by atoms with van der Waals surface area (Å²) in [6.45, 7) is 16.3. The fourth-order valence-electron chi connectivity index (χ4n) is 3.06. The van der Waals surface area contributed by atoms with Gasteiger partial charge in [-0.1, -0.05) is 0 Å². The summed E-state index contributed by atoms with van der Waals surface area (Å²) in [5.41, 5.74) is 0. The van der Waals surface area contributed by atoms with E-state index in [4.69, 9.17) is 22.4 Å². The molecule has 1 aliphatic heterocycles. The molecule has 0 spiro atoms. The van der Waals surface area contributed by atoms with Crippen LogP contribution >= 0.6 is 0 Å². The highest BCUT2D eigenvalue weighted by Crippen LogP contribution is 2.27. The minimum Gasteiger partial charge on any atom is -0.395 e. The lowest BCUT2D eigenvalue weighted by molar-refractivity contribution is 0.0314. The summed E-state index contributed by atoms with van der Waals surface area (Å²) in [6, 6.07) is 1.79. The molecule has 0 bridgehead atoms. The van der Waals surface area contributed by atoms with Gasteiger partial charge in [0.1, 0.15) is 0 Å². The van der Waals surface area contributed by atoms with Crippen LogP contribution in [0.3, 0.4) is 0 Å². The minimum atomic E-state index is -2.43. The fourth-order valence-corrected chi connectivity index (χ4v) is 10.6. The molecule has 1 aliphatic rings. The normalized spacial score (nSPS) is 17.6. The van der Waals surface area contributed by atoms with Crippen LogP contribution < -0.4 is 0 Å². The Labute approximate surface area is 144 Å². The first-order chi connectivity index (χ1) is 11.1. The molecule has 1 heterocycles. The molecule has 0 atom stereocenters. The van der Waals surface area contributed by atoms with E-state index < -0.39 is 17.3 Å². The standard InChI is InChI=1S/C15H35NO5Si2/c1-6-18-22(5,19-7-2)14-15-23(20-8-3,21-9-4)16-10-12-17-13-11-16/h6-15H2,1-5H3. The first-order valence-electron chi connectivity index (χ1n) is 8.94. The Kier molecular flexibility index (Phi) is 10.1. The van der Waals surface area contributed by atoms with Gasteiger partial charge in [-0.15, -0.1) is 0 Å². The molecule has 0 aliphatic carbocycles. The smallest absolute Gasteiger partial charge is 0.395 e. The average molecular weight is 366 g/mol. The average Bonchev–Trinajstić information content (AvgIpc) is 2.54. The van der Waals surface area contributed by atoms with Crippen molar-refractivity contribution in [2.75, 3.05) is 52.7 Å². The highest BCUT2D eigenvalue weighted by Gasteiger charge is 2.48. The number of ether oxygens (including phenoxy) is 1. The maximum absolute atomic E-state index is 6.26. The zero-order chi connectivity index (χ0) is 17.2. The first kappa shape index (κ1) is 21.2. The Morgan fingerprint density at radius 1 is 0.783 bits per heavy atom. The zero-order valence-corrected chi connectivity index (χ0v) is 17.6. The largest absolute Gasteiger partial charge is 0.427 e. The van der Waals surface area contributed by atoms with E-state index >= 15 is 0 Å². The van der Waals surface area contributed by atoms with Crippen LogP contribution in [0.5, 0.6) is 0 Å². The highest BCUT2D eigenvalue weighted by atomic mass is 28.4. The molecule has 0 unspecified atom stereocenters. The second-order valence-corrected chi connectivity index (χ2v) is 12.2. The summed E-state index contributed by atoms with van der Waals surface area (Å²) in [7, 11) is -4.60. The Morgan fingerprint density at radius 3 is 1.70 bits per heavy atom. The molecule has 1 rings (SSSR count). The van der Waals surface area contributed by atoms with Crippen molar-refractivity contribution in [2.45, 2.75) is 46.3 Å². The summed E-state index contributed by atoms with van der Waals surface area (Å²) in [5.74, 6) is 0. The van der Waals surface area contributed by atoms with E-state index in [1.54, 1.807) is 0 Å². The maximum Gasteiger partial charge on any atom is 0.427 e. The number of nitrogens with zero attached hydrogens (tertiary/aromatic N) is 1. The summed E-state index contributed by atoms with van der Waals surface area (Å²) < 4.78 is 32.4. The fraction of sp³-hybridized carbons (Fsp3) is 1.00. The molecule has 1 saturated heterocycles. The third-order valence-corrected chi connectivity index (χ3v) is 11.3. The van der Waals surface area contributed by atoms with Crippen molar-refractivity contribution in [2.24, 2.45) is 0 Å². The van der Waals surface area contributed by atoms with Gasteiger partial charge in [-0.3, -0.25) is 4.57 Å². The molecular weight excluding hydrogens is 330 g/mol. The Bertz CT molecular complexity index is 304. The van der Waals surface area contributed by atoms with Gasteiger partial charge in [0.15, 0.2) is 0 Å². The van der Waals surface area contributed by atoms with Crippen molar-refractivity contribution in [3.63, 3.8) is 0 Å². The lowest BCUT2D eigenvalue weighted by Gasteiger charge is -2.42. The molecule has 0 N–H and O–H groups in total. The van der Waals surface area contributed by atoms with Gasteiger partial charge in [-0.25, -0.2) is 0 Å². The summed E-state index contributed by atoms with van der Waals surface area (Å²) in [5, 5.41) is 0. The summed E-state index contributed by atoms with van der Waals surface area (Å²) in [6.07, 6.45) is 0. The van der Waals surface area contributed by atoms with Crippen molar-refractivity contribution in [1.82, 2.24) is 4.57 Å². The third kappa shape index (κ3) is 6.54. The number of hydrogen-bond donors (Lipinski definition) is 0. The van der Waals surface area contributed by atoms with Gasteiger partial charge in [0, 0.05) is 45.6 Å². The van der Waals surface area contributed by atoms with Crippen molar-refractivity contribution < 1.29 is 22.4 Å².